The molecule has 1 saturated carbocycles. The van der Waals surface area contributed by atoms with Crippen LogP contribution in [0, 0.1) is 0 Å². The van der Waals surface area contributed by atoms with Gasteiger partial charge in [0.2, 0.25) is 0 Å². The van der Waals surface area contributed by atoms with Crippen LogP contribution in [-0.4, -0.2) is 51.5 Å². The van der Waals surface area contributed by atoms with Crippen molar-refractivity contribution >= 4 is 5.97 Å². The van der Waals surface area contributed by atoms with Crippen LogP contribution in [0.5, 0.6) is 0 Å². The van der Waals surface area contributed by atoms with Crippen LogP contribution < -0.4 is 0 Å². The zero-order valence-corrected chi connectivity index (χ0v) is 11.8. The van der Waals surface area contributed by atoms with E-state index in [2.05, 4.69) is 10.3 Å². The summed E-state index contributed by atoms with van der Waals surface area (Å²) in [6.45, 7) is 2.03. The molecule has 2 atom stereocenters. The predicted octanol–water partition coefficient (Wildman–Crippen LogP) is 1.36. The largest absolute Gasteiger partial charge is 0.476 e. The van der Waals surface area contributed by atoms with Gasteiger partial charge in [0.1, 0.15) is 0 Å². The van der Waals surface area contributed by atoms with Gasteiger partial charge in [-0.15, -0.1) is 5.10 Å². The summed E-state index contributed by atoms with van der Waals surface area (Å²) < 4.78 is 13.3. The molecule has 1 aromatic rings. The van der Waals surface area contributed by atoms with E-state index in [0.29, 0.717) is 19.1 Å². The molecule has 0 radical (unpaired) electrons. The van der Waals surface area contributed by atoms with Crippen LogP contribution in [0.3, 0.4) is 0 Å². The fourth-order valence-electron chi connectivity index (χ4n) is 3.53. The molecule has 4 rings (SSSR count). The smallest absolute Gasteiger partial charge is 0.358 e. The lowest BCUT2D eigenvalue weighted by molar-refractivity contribution is -0.0967. The predicted molar refractivity (Wildman–Crippen MR) is 71.3 cm³/mol. The van der Waals surface area contributed by atoms with E-state index in [4.69, 9.17) is 9.47 Å². The molecule has 1 aromatic heterocycles. The molecule has 0 aromatic carbocycles. The van der Waals surface area contributed by atoms with Gasteiger partial charge in [0, 0.05) is 32.0 Å². The van der Waals surface area contributed by atoms with Crippen LogP contribution in [0.4, 0.5) is 0 Å². The van der Waals surface area contributed by atoms with Crippen LogP contribution in [0.15, 0.2) is 0 Å². The fourth-order valence-corrected chi connectivity index (χ4v) is 3.53. The third kappa shape index (κ3) is 2.24. The third-order valence-electron chi connectivity index (χ3n) is 4.78. The number of aromatic nitrogens is 3. The van der Waals surface area contributed by atoms with Crippen LogP contribution in [-0.2, 0) is 9.47 Å². The number of carboxylic acids is 1. The number of hydrogen-bond acceptors (Lipinski definition) is 5. The minimum absolute atomic E-state index is 0.126. The highest BCUT2D eigenvalue weighted by molar-refractivity contribution is 5.86. The van der Waals surface area contributed by atoms with E-state index in [-0.39, 0.29) is 17.3 Å². The Hall–Kier alpha value is -1.47. The van der Waals surface area contributed by atoms with E-state index in [1.54, 1.807) is 0 Å². The van der Waals surface area contributed by atoms with Crippen molar-refractivity contribution in [2.24, 2.45) is 0 Å². The second kappa shape index (κ2) is 4.78. The van der Waals surface area contributed by atoms with Crippen molar-refractivity contribution in [2.75, 3.05) is 19.8 Å². The number of ether oxygens (including phenoxy) is 2. The molecule has 0 bridgehead atoms. The van der Waals surface area contributed by atoms with E-state index in [1.807, 2.05) is 4.68 Å². The topological polar surface area (TPSA) is 86.5 Å². The van der Waals surface area contributed by atoms with Crippen LogP contribution >= 0.6 is 0 Å². The number of carbonyl (C=O) groups is 1. The summed E-state index contributed by atoms with van der Waals surface area (Å²) in [6, 6.07) is 0.164. The number of aromatic carboxylic acids is 1. The zero-order chi connectivity index (χ0) is 14.4. The lowest BCUT2D eigenvalue weighted by Crippen LogP contribution is -2.41. The van der Waals surface area contributed by atoms with Crippen molar-refractivity contribution in [2.45, 2.75) is 49.7 Å². The SMILES string of the molecule is O=C(O)c1nnn(C2CCOC3(CCOC3)C2)c1C1CC1. The lowest BCUT2D eigenvalue weighted by Gasteiger charge is -2.37. The summed E-state index contributed by atoms with van der Waals surface area (Å²) in [5, 5.41) is 17.4. The first-order chi connectivity index (χ1) is 10.2. The normalized spacial score (nSPS) is 32.7. The Kier molecular flexibility index (Phi) is 3.00. The maximum Gasteiger partial charge on any atom is 0.358 e. The maximum atomic E-state index is 11.3. The average molecular weight is 293 g/mol. The number of nitrogens with zero attached hydrogens (tertiary/aromatic N) is 3. The van der Waals surface area contributed by atoms with Gasteiger partial charge >= 0.3 is 5.97 Å². The minimum atomic E-state index is -0.978. The summed E-state index contributed by atoms with van der Waals surface area (Å²) in [5.74, 6) is -0.668. The Labute approximate surface area is 122 Å². The Balaban J connectivity index is 1.65. The van der Waals surface area contributed by atoms with Crippen LogP contribution in [0.25, 0.3) is 0 Å². The number of carboxylic acid groups (broad SMARTS) is 1. The third-order valence-corrected chi connectivity index (χ3v) is 4.78. The van der Waals surface area contributed by atoms with Crippen molar-refractivity contribution in [3.63, 3.8) is 0 Å². The lowest BCUT2D eigenvalue weighted by atomic mass is 9.89. The molecule has 0 amide bonds. The second-order valence-electron chi connectivity index (χ2n) is 6.33. The monoisotopic (exact) mass is 293 g/mol. The molecule has 1 N–H and O–H groups in total. The summed E-state index contributed by atoms with van der Waals surface area (Å²) in [4.78, 5) is 11.3. The molecule has 2 unspecified atom stereocenters. The van der Waals surface area contributed by atoms with Gasteiger partial charge in [0.15, 0.2) is 5.69 Å². The zero-order valence-electron chi connectivity index (χ0n) is 11.8. The molecular formula is C14H19N3O4. The summed E-state index contributed by atoms with van der Waals surface area (Å²) in [6.07, 6.45) is 4.65. The van der Waals surface area contributed by atoms with E-state index in [0.717, 1.165) is 44.4 Å². The molecule has 7 heteroatoms. The van der Waals surface area contributed by atoms with Gasteiger partial charge in [-0.2, -0.15) is 0 Å². The Morgan fingerprint density at radius 1 is 1.33 bits per heavy atom. The molecule has 3 aliphatic rings. The van der Waals surface area contributed by atoms with E-state index in [9.17, 15) is 9.90 Å². The first-order valence-corrected chi connectivity index (χ1v) is 7.59. The van der Waals surface area contributed by atoms with Crippen LogP contribution in [0.2, 0.25) is 0 Å². The van der Waals surface area contributed by atoms with Crippen molar-refractivity contribution < 1.29 is 19.4 Å². The van der Waals surface area contributed by atoms with Crippen molar-refractivity contribution in [3.8, 4) is 0 Å². The summed E-state index contributed by atoms with van der Waals surface area (Å²) >= 11 is 0. The van der Waals surface area contributed by atoms with Gasteiger partial charge < -0.3 is 14.6 Å². The highest BCUT2D eigenvalue weighted by atomic mass is 16.6. The molecule has 2 saturated heterocycles. The second-order valence-corrected chi connectivity index (χ2v) is 6.33. The van der Waals surface area contributed by atoms with Crippen molar-refractivity contribution in [3.05, 3.63) is 11.4 Å². The Morgan fingerprint density at radius 3 is 2.86 bits per heavy atom. The molecule has 1 aliphatic carbocycles. The van der Waals surface area contributed by atoms with E-state index < -0.39 is 5.97 Å². The fraction of sp³-hybridized carbons (Fsp3) is 0.786. The van der Waals surface area contributed by atoms with Gasteiger partial charge in [0.25, 0.3) is 0 Å². The number of hydrogen-bond donors (Lipinski definition) is 1. The van der Waals surface area contributed by atoms with Gasteiger partial charge in [-0.25, -0.2) is 9.48 Å². The average Bonchev–Trinajstić information content (AvgIpc) is 3.05. The first-order valence-electron chi connectivity index (χ1n) is 7.59. The van der Waals surface area contributed by atoms with Crippen LogP contribution in [0.1, 0.15) is 60.2 Å². The molecule has 21 heavy (non-hydrogen) atoms. The van der Waals surface area contributed by atoms with E-state index in [1.165, 1.54) is 0 Å². The first kappa shape index (κ1) is 13.2. The van der Waals surface area contributed by atoms with E-state index >= 15 is 0 Å². The number of rotatable bonds is 3. The Morgan fingerprint density at radius 2 is 2.19 bits per heavy atom. The Bertz CT molecular complexity index is 561. The molecule has 3 heterocycles. The van der Waals surface area contributed by atoms with Crippen molar-refractivity contribution in [1.82, 2.24) is 15.0 Å². The van der Waals surface area contributed by atoms with Gasteiger partial charge in [-0.05, 0) is 19.3 Å². The highest BCUT2D eigenvalue weighted by Gasteiger charge is 2.44. The van der Waals surface area contributed by atoms with Crippen molar-refractivity contribution in [1.29, 1.82) is 0 Å². The summed E-state index contributed by atoms with van der Waals surface area (Å²) in [7, 11) is 0. The standard InChI is InChI=1S/C14H19N3O4/c18-13(19)11-12(9-1-2-9)17(16-15-11)10-3-5-21-14(7-10)4-6-20-8-14/h9-10H,1-8H2,(H,18,19). The molecule has 2 aliphatic heterocycles. The molecule has 7 nitrogen and oxygen atoms in total. The highest BCUT2D eigenvalue weighted by Crippen LogP contribution is 2.44. The van der Waals surface area contributed by atoms with Gasteiger partial charge in [-0.1, -0.05) is 5.21 Å². The maximum absolute atomic E-state index is 11.3. The van der Waals surface area contributed by atoms with Gasteiger partial charge in [-0.3, -0.25) is 0 Å². The minimum Gasteiger partial charge on any atom is -0.476 e. The molecule has 3 fully saturated rings. The van der Waals surface area contributed by atoms with Gasteiger partial charge in [0.05, 0.1) is 23.9 Å². The molecule has 1 spiro atoms. The molecular weight excluding hydrogens is 274 g/mol. The quantitative estimate of drug-likeness (QED) is 0.905. The summed E-state index contributed by atoms with van der Waals surface area (Å²) in [5.41, 5.74) is 0.725. The molecule has 114 valence electrons.